The summed E-state index contributed by atoms with van der Waals surface area (Å²) in [6.45, 7) is 3.26. The summed E-state index contributed by atoms with van der Waals surface area (Å²) in [7, 11) is 4.99. The van der Waals surface area contributed by atoms with E-state index in [1.54, 1.807) is 30.3 Å². The van der Waals surface area contributed by atoms with E-state index in [0.29, 0.717) is 22.9 Å². The molecule has 35 heavy (non-hydrogen) atoms. The van der Waals surface area contributed by atoms with Crippen LogP contribution >= 0.6 is 0 Å². The van der Waals surface area contributed by atoms with Crippen LogP contribution in [-0.4, -0.2) is 73.5 Å². The normalized spacial score (nSPS) is 13.9. The highest BCUT2D eigenvalue weighted by molar-refractivity contribution is 5.95. The first kappa shape index (κ1) is 24.0. The summed E-state index contributed by atoms with van der Waals surface area (Å²) in [5, 5.41) is 12.9. The molecule has 0 radical (unpaired) electrons. The van der Waals surface area contributed by atoms with E-state index in [1.807, 2.05) is 11.9 Å². The van der Waals surface area contributed by atoms with E-state index in [0.717, 1.165) is 31.1 Å². The molecule has 11 heteroatoms. The molecule has 0 spiro atoms. The van der Waals surface area contributed by atoms with Gasteiger partial charge in [-0.15, -0.1) is 0 Å². The number of methoxy groups -OCH3 is 2. The van der Waals surface area contributed by atoms with E-state index < -0.39 is 6.09 Å². The topological polar surface area (TPSA) is 103 Å². The molecule has 0 saturated carbocycles. The van der Waals surface area contributed by atoms with Gasteiger partial charge in [0.2, 0.25) is 5.95 Å². The zero-order chi connectivity index (χ0) is 24.9. The lowest BCUT2D eigenvalue weighted by Crippen LogP contribution is -2.44. The molecule has 0 unspecified atom stereocenters. The molecule has 0 bridgehead atoms. The van der Waals surface area contributed by atoms with Gasteiger partial charge in [-0.2, -0.15) is 4.98 Å². The Morgan fingerprint density at radius 3 is 2.51 bits per heavy atom. The highest BCUT2D eigenvalue weighted by Gasteiger charge is 2.23. The quantitative estimate of drug-likeness (QED) is 0.518. The van der Waals surface area contributed by atoms with Crippen molar-refractivity contribution in [3.63, 3.8) is 0 Å². The van der Waals surface area contributed by atoms with Crippen molar-refractivity contribution < 1.29 is 23.8 Å². The van der Waals surface area contributed by atoms with Gasteiger partial charge >= 0.3 is 6.09 Å². The molecule has 2 aromatic carbocycles. The molecule has 1 amide bonds. The van der Waals surface area contributed by atoms with Crippen molar-refractivity contribution in [2.75, 3.05) is 62.6 Å². The van der Waals surface area contributed by atoms with Crippen LogP contribution in [0.1, 0.15) is 0 Å². The summed E-state index contributed by atoms with van der Waals surface area (Å²) in [6, 6.07) is 11.1. The lowest BCUT2D eigenvalue weighted by molar-refractivity contribution is 0.204. The number of aromatic nitrogens is 2. The minimum Gasteiger partial charge on any atom is -0.497 e. The molecule has 1 fully saturated rings. The summed E-state index contributed by atoms with van der Waals surface area (Å²) in [5.74, 6) is 0.663. The number of nitrogens with one attached hydrogen (secondary N) is 1. The first-order chi connectivity index (χ1) is 16.9. The lowest BCUT2D eigenvalue weighted by Gasteiger charge is -2.34. The summed E-state index contributed by atoms with van der Waals surface area (Å²) < 4.78 is 25.4. The Kier molecular flexibility index (Phi) is 7.16. The van der Waals surface area contributed by atoms with Crippen LogP contribution in [0.2, 0.25) is 0 Å². The van der Waals surface area contributed by atoms with Crippen molar-refractivity contribution in [1.29, 1.82) is 0 Å². The third-order valence-electron chi connectivity index (χ3n) is 5.74. The standard InChI is InChI=1S/C24H27FN6O4/c1-29-10-12-30(13-11-29)19-6-4-16(14-18(19)25)27-23-26-9-8-22(28-23)31(24(32)33)20-7-5-17(34-2)15-21(20)35-3/h4-9,14-15H,10-13H2,1-3H3,(H,32,33)(H,26,27,28). The zero-order valence-corrected chi connectivity index (χ0v) is 19.7. The van der Waals surface area contributed by atoms with Crippen molar-refractivity contribution in [1.82, 2.24) is 14.9 Å². The first-order valence-corrected chi connectivity index (χ1v) is 11.0. The van der Waals surface area contributed by atoms with Gasteiger partial charge in [-0.25, -0.2) is 19.1 Å². The average Bonchev–Trinajstić information content (AvgIpc) is 2.85. The number of carbonyl (C=O) groups is 1. The molecule has 0 atom stereocenters. The molecule has 2 heterocycles. The Balaban J connectivity index is 1.58. The van der Waals surface area contributed by atoms with Crippen molar-refractivity contribution in [3.8, 4) is 11.5 Å². The second-order valence-electron chi connectivity index (χ2n) is 7.98. The SMILES string of the molecule is COc1ccc(N(C(=O)O)c2ccnc(Nc3ccc(N4CCN(C)CC4)c(F)c3)n2)c(OC)c1. The van der Waals surface area contributed by atoms with Crippen molar-refractivity contribution >= 4 is 34.9 Å². The van der Waals surface area contributed by atoms with Crippen LogP contribution in [0.3, 0.4) is 0 Å². The van der Waals surface area contributed by atoms with Crippen molar-refractivity contribution in [2.24, 2.45) is 0 Å². The molecule has 1 aliphatic rings. The van der Waals surface area contributed by atoms with Gasteiger partial charge in [0, 0.05) is 50.2 Å². The highest BCUT2D eigenvalue weighted by Crippen LogP contribution is 2.36. The summed E-state index contributed by atoms with van der Waals surface area (Å²) in [6.07, 6.45) is 0.159. The molecule has 10 nitrogen and oxygen atoms in total. The van der Waals surface area contributed by atoms with E-state index in [9.17, 15) is 14.3 Å². The number of amides is 1. The van der Waals surface area contributed by atoms with Crippen LogP contribution in [0.15, 0.2) is 48.7 Å². The van der Waals surface area contributed by atoms with Gasteiger partial charge in [0.25, 0.3) is 0 Å². The maximum atomic E-state index is 14.9. The largest absolute Gasteiger partial charge is 0.497 e. The van der Waals surface area contributed by atoms with Gasteiger partial charge in [0.05, 0.1) is 25.6 Å². The van der Waals surface area contributed by atoms with Gasteiger partial charge in [0.15, 0.2) is 0 Å². The van der Waals surface area contributed by atoms with Crippen LogP contribution in [-0.2, 0) is 0 Å². The monoisotopic (exact) mass is 482 g/mol. The van der Waals surface area contributed by atoms with Gasteiger partial charge < -0.3 is 29.7 Å². The first-order valence-electron chi connectivity index (χ1n) is 11.0. The van der Waals surface area contributed by atoms with E-state index >= 15 is 0 Å². The molecule has 1 aliphatic heterocycles. The number of anilines is 5. The van der Waals surface area contributed by atoms with E-state index in [2.05, 4.69) is 20.2 Å². The summed E-state index contributed by atoms with van der Waals surface area (Å²) in [4.78, 5) is 25.8. The Morgan fingerprint density at radius 2 is 1.86 bits per heavy atom. The number of rotatable bonds is 7. The smallest absolute Gasteiger partial charge is 0.417 e. The third-order valence-corrected chi connectivity index (χ3v) is 5.74. The molecule has 0 aliphatic carbocycles. The minimum absolute atomic E-state index is 0.0907. The second-order valence-corrected chi connectivity index (χ2v) is 7.98. The van der Waals surface area contributed by atoms with Gasteiger partial charge in [0.1, 0.15) is 23.1 Å². The number of ether oxygens (including phenoxy) is 2. The molecule has 1 saturated heterocycles. The van der Waals surface area contributed by atoms with Crippen molar-refractivity contribution in [3.05, 3.63) is 54.5 Å². The molecule has 2 N–H and O–H groups in total. The number of nitrogens with zero attached hydrogens (tertiary/aromatic N) is 5. The van der Waals surface area contributed by atoms with Gasteiger partial charge in [-0.1, -0.05) is 0 Å². The fourth-order valence-electron chi connectivity index (χ4n) is 3.85. The third kappa shape index (κ3) is 5.35. The Bertz CT molecular complexity index is 1200. The van der Waals surface area contributed by atoms with Crippen LogP contribution in [0.25, 0.3) is 0 Å². The van der Waals surface area contributed by atoms with Gasteiger partial charge in [-0.3, -0.25) is 0 Å². The van der Waals surface area contributed by atoms with Crippen LogP contribution in [0.5, 0.6) is 11.5 Å². The van der Waals surface area contributed by atoms with Crippen LogP contribution in [0, 0.1) is 5.82 Å². The molecule has 1 aromatic heterocycles. The number of halogens is 1. The molecule has 3 aromatic rings. The fraction of sp³-hybridized carbons (Fsp3) is 0.292. The van der Waals surface area contributed by atoms with E-state index in [-0.39, 0.29) is 23.3 Å². The summed E-state index contributed by atoms with van der Waals surface area (Å²) >= 11 is 0. The molecular weight excluding hydrogens is 455 g/mol. The Morgan fingerprint density at radius 1 is 1.09 bits per heavy atom. The molecular formula is C24H27FN6O4. The number of likely N-dealkylation sites (N-methyl/N-ethyl adjacent to an activating group) is 1. The average molecular weight is 483 g/mol. The highest BCUT2D eigenvalue weighted by atomic mass is 19.1. The Hall–Kier alpha value is -4.12. The minimum atomic E-state index is -1.26. The fourth-order valence-corrected chi connectivity index (χ4v) is 3.85. The number of piperazine rings is 1. The van der Waals surface area contributed by atoms with Crippen LogP contribution in [0.4, 0.5) is 38.0 Å². The van der Waals surface area contributed by atoms with E-state index in [1.165, 1.54) is 32.5 Å². The lowest BCUT2D eigenvalue weighted by atomic mass is 10.2. The maximum absolute atomic E-state index is 14.9. The summed E-state index contributed by atoms with van der Waals surface area (Å²) in [5.41, 5.74) is 1.25. The number of hydrogen-bond acceptors (Lipinski definition) is 8. The predicted molar refractivity (Wildman–Crippen MR) is 131 cm³/mol. The Labute approximate surface area is 202 Å². The molecule has 184 valence electrons. The van der Waals surface area contributed by atoms with E-state index in [4.69, 9.17) is 9.47 Å². The predicted octanol–water partition coefficient (Wildman–Crippen LogP) is 3.94. The number of carboxylic acid groups (broad SMARTS) is 1. The number of hydrogen-bond donors (Lipinski definition) is 2. The maximum Gasteiger partial charge on any atom is 0.417 e. The zero-order valence-electron chi connectivity index (χ0n) is 19.7. The van der Waals surface area contributed by atoms with Crippen molar-refractivity contribution in [2.45, 2.75) is 0 Å². The van der Waals surface area contributed by atoms with Gasteiger partial charge in [-0.05, 0) is 37.4 Å². The molecule has 4 rings (SSSR count). The number of benzene rings is 2. The van der Waals surface area contributed by atoms with Crippen LogP contribution < -0.4 is 24.6 Å². The second kappa shape index (κ2) is 10.4.